The number of hydrogen-bond donors (Lipinski definition) is 0. The minimum Gasteiger partial charge on any atom is -0.356 e. The first-order valence-corrected chi connectivity index (χ1v) is 3.18. The fourth-order valence-electron chi connectivity index (χ4n) is 0.635. The fraction of sp³-hybridized carbons (Fsp3) is 1.00. The van der Waals surface area contributed by atoms with Gasteiger partial charge in [-0.3, -0.25) is 0 Å². The van der Waals surface area contributed by atoms with Gasteiger partial charge in [0.05, 0.1) is 0 Å². The molecule has 0 N–H and O–H groups in total. The van der Waals surface area contributed by atoms with Crippen molar-refractivity contribution in [2.24, 2.45) is 0 Å². The molecule has 53 valence electrons. The predicted octanol–water partition coefficient (Wildman–Crippen LogP) is 1.17. The van der Waals surface area contributed by atoms with Gasteiger partial charge in [0.25, 0.3) is 0 Å². The second-order valence-electron chi connectivity index (χ2n) is 1.89. The largest absolute Gasteiger partial charge is 0.356 e. The molecule has 0 rings (SSSR count). The number of rotatable bonds is 5. The molecule has 0 aromatic rings. The average molecular weight is 129 g/mol. The Morgan fingerprint density at radius 2 is 1.89 bits per heavy atom. The van der Waals surface area contributed by atoms with Crippen LogP contribution in [0.15, 0.2) is 0 Å². The van der Waals surface area contributed by atoms with Gasteiger partial charge in [0.2, 0.25) is 0 Å². The lowest BCUT2D eigenvalue weighted by molar-refractivity contribution is -0.103. The van der Waals surface area contributed by atoms with E-state index >= 15 is 0 Å². The molecule has 0 bridgehead atoms. The topological polar surface area (TPSA) is 18.5 Å². The molecule has 0 aliphatic rings. The van der Waals surface area contributed by atoms with Crippen molar-refractivity contribution in [3.05, 3.63) is 0 Å². The highest BCUT2D eigenvalue weighted by atomic mass is 16.7. The molecule has 0 saturated carbocycles. The van der Waals surface area contributed by atoms with Crippen LogP contribution in [0.5, 0.6) is 0 Å². The Morgan fingerprint density at radius 1 is 1.33 bits per heavy atom. The van der Waals surface area contributed by atoms with E-state index in [4.69, 9.17) is 9.47 Å². The fourth-order valence-corrected chi connectivity index (χ4v) is 0.635. The summed E-state index contributed by atoms with van der Waals surface area (Å²) in [4.78, 5) is 0. The van der Waals surface area contributed by atoms with Gasteiger partial charge in [0, 0.05) is 14.2 Å². The van der Waals surface area contributed by atoms with E-state index in [0.29, 0.717) is 0 Å². The molecule has 0 aliphatic heterocycles. The van der Waals surface area contributed by atoms with Crippen LogP contribution in [0.1, 0.15) is 6.42 Å². The number of ether oxygens (including phenoxy) is 2. The Balaban J connectivity index is 3.09. The molecular formula is C6H14BO2. The molecule has 0 unspecified atom stereocenters. The SMILES string of the molecule is C[B]CCC(OC)OC. The molecule has 0 atom stereocenters. The van der Waals surface area contributed by atoms with Crippen LogP contribution in [0.4, 0.5) is 0 Å². The monoisotopic (exact) mass is 129 g/mol. The lowest BCUT2D eigenvalue weighted by atomic mass is 9.77. The van der Waals surface area contributed by atoms with Gasteiger partial charge in [0.15, 0.2) is 6.29 Å². The Hall–Kier alpha value is -0.0151. The number of methoxy groups -OCH3 is 2. The minimum absolute atomic E-state index is 0.0267. The van der Waals surface area contributed by atoms with Crippen LogP contribution >= 0.6 is 0 Å². The molecule has 0 aromatic carbocycles. The summed E-state index contributed by atoms with van der Waals surface area (Å²) in [5.74, 6) is 0. The Kier molecular flexibility index (Phi) is 6.10. The van der Waals surface area contributed by atoms with E-state index in [0.717, 1.165) is 12.7 Å². The van der Waals surface area contributed by atoms with Gasteiger partial charge in [-0.25, -0.2) is 0 Å². The predicted molar refractivity (Wildman–Crippen MR) is 38.8 cm³/mol. The molecule has 0 saturated heterocycles. The van der Waals surface area contributed by atoms with Crippen LogP contribution in [0, 0.1) is 0 Å². The van der Waals surface area contributed by atoms with E-state index in [2.05, 4.69) is 7.28 Å². The Labute approximate surface area is 57.8 Å². The molecule has 2 nitrogen and oxygen atoms in total. The van der Waals surface area contributed by atoms with Crippen molar-refractivity contribution in [1.82, 2.24) is 0 Å². The summed E-state index contributed by atoms with van der Waals surface area (Å²) in [6.45, 7) is 2.03. The van der Waals surface area contributed by atoms with Crippen molar-refractivity contribution < 1.29 is 9.47 Å². The molecule has 0 aliphatic carbocycles. The van der Waals surface area contributed by atoms with E-state index in [-0.39, 0.29) is 6.29 Å². The van der Waals surface area contributed by atoms with E-state index in [1.807, 2.05) is 6.82 Å². The molecule has 0 amide bonds. The normalized spacial score (nSPS) is 10.2. The van der Waals surface area contributed by atoms with Crippen LogP contribution < -0.4 is 0 Å². The first-order valence-electron chi connectivity index (χ1n) is 3.18. The average Bonchev–Trinajstić information content (AvgIpc) is 1.91. The van der Waals surface area contributed by atoms with E-state index in [9.17, 15) is 0 Å². The third-order valence-corrected chi connectivity index (χ3v) is 1.22. The quantitative estimate of drug-likeness (QED) is 0.409. The maximum atomic E-state index is 4.96. The Bertz CT molecular complexity index is 55.0. The molecule has 0 heterocycles. The summed E-state index contributed by atoms with van der Waals surface area (Å²) in [6.07, 6.45) is 1.97. The summed E-state index contributed by atoms with van der Waals surface area (Å²) in [6, 6.07) is 0. The lowest BCUT2D eigenvalue weighted by Crippen LogP contribution is -2.12. The third-order valence-electron chi connectivity index (χ3n) is 1.22. The molecular weight excluding hydrogens is 115 g/mol. The van der Waals surface area contributed by atoms with Crippen molar-refractivity contribution in [2.45, 2.75) is 25.9 Å². The van der Waals surface area contributed by atoms with Crippen LogP contribution in [-0.4, -0.2) is 27.8 Å². The smallest absolute Gasteiger partial charge is 0.156 e. The lowest BCUT2D eigenvalue weighted by Gasteiger charge is -2.11. The molecule has 0 fully saturated rings. The minimum atomic E-state index is -0.0267. The highest BCUT2D eigenvalue weighted by Gasteiger charge is 2.01. The first kappa shape index (κ1) is 8.98. The zero-order valence-corrected chi connectivity index (χ0v) is 6.39. The number of hydrogen-bond acceptors (Lipinski definition) is 2. The van der Waals surface area contributed by atoms with E-state index in [1.54, 1.807) is 14.2 Å². The van der Waals surface area contributed by atoms with Gasteiger partial charge in [-0.15, -0.1) is 0 Å². The van der Waals surface area contributed by atoms with Crippen molar-refractivity contribution >= 4 is 7.28 Å². The van der Waals surface area contributed by atoms with Crippen molar-refractivity contribution in [2.75, 3.05) is 14.2 Å². The molecule has 9 heavy (non-hydrogen) atoms. The second kappa shape index (κ2) is 6.11. The second-order valence-corrected chi connectivity index (χ2v) is 1.89. The summed E-state index contributed by atoms with van der Waals surface area (Å²) in [5, 5.41) is 0. The van der Waals surface area contributed by atoms with Crippen LogP contribution in [-0.2, 0) is 9.47 Å². The third kappa shape index (κ3) is 4.49. The van der Waals surface area contributed by atoms with Crippen molar-refractivity contribution in [1.29, 1.82) is 0 Å². The maximum absolute atomic E-state index is 4.96. The summed E-state index contributed by atoms with van der Waals surface area (Å²) < 4.78 is 9.92. The molecule has 0 spiro atoms. The van der Waals surface area contributed by atoms with E-state index < -0.39 is 0 Å². The summed E-state index contributed by atoms with van der Waals surface area (Å²) >= 11 is 0. The van der Waals surface area contributed by atoms with Crippen LogP contribution in [0.2, 0.25) is 13.1 Å². The summed E-state index contributed by atoms with van der Waals surface area (Å²) in [5.41, 5.74) is 0. The zero-order chi connectivity index (χ0) is 7.11. The van der Waals surface area contributed by atoms with Gasteiger partial charge in [-0.2, -0.15) is 0 Å². The first-order chi connectivity index (χ1) is 4.35. The maximum Gasteiger partial charge on any atom is 0.156 e. The standard InChI is InChI=1S/C6H14BO2/c1-7-5-4-6(8-2)9-3/h6H,4-5H2,1-3H3. The van der Waals surface area contributed by atoms with Crippen LogP contribution in [0.25, 0.3) is 0 Å². The molecule has 0 aromatic heterocycles. The van der Waals surface area contributed by atoms with Gasteiger partial charge < -0.3 is 9.47 Å². The van der Waals surface area contributed by atoms with Gasteiger partial charge in [-0.1, -0.05) is 13.1 Å². The highest BCUT2D eigenvalue weighted by Crippen LogP contribution is 2.00. The van der Waals surface area contributed by atoms with Gasteiger partial charge >= 0.3 is 0 Å². The van der Waals surface area contributed by atoms with Crippen molar-refractivity contribution in [3.63, 3.8) is 0 Å². The van der Waals surface area contributed by atoms with Crippen molar-refractivity contribution in [3.8, 4) is 0 Å². The Morgan fingerprint density at radius 3 is 2.22 bits per heavy atom. The molecule has 1 radical (unpaired) electrons. The summed E-state index contributed by atoms with van der Waals surface area (Å²) in [7, 11) is 5.42. The van der Waals surface area contributed by atoms with Gasteiger partial charge in [0.1, 0.15) is 7.28 Å². The van der Waals surface area contributed by atoms with Crippen LogP contribution in [0.3, 0.4) is 0 Å². The van der Waals surface area contributed by atoms with Gasteiger partial charge in [-0.05, 0) is 6.42 Å². The highest BCUT2D eigenvalue weighted by molar-refractivity contribution is 6.33. The molecule has 3 heteroatoms. The zero-order valence-electron chi connectivity index (χ0n) is 6.39. The van der Waals surface area contributed by atoms with E-state index in [1.165, 1.54) is 0 Å².